The van der Waals surface area contributed by atoms with Gasteiger partial charge in [-0.05, 0) is 60.2 Å². The summed E-state index contributed by atoms with van der Waals surface area (Å²) in [5.41, 5.74) is 3.67. The Morgan fingerprint density at radius 3 is 2.74 bits per heavy atom. The van der Waals surface area contributed by atoms with Crippen molar-refractivity contribution in [2.24, 2.45) is 17.3 Å². The Balaban J connectivity index is 1.55. The molecule has 6 heteroatoms. The van der Waals surface area contributed by atoms with Gasteiger partial charge in [0, 0.05) is 12.5 Å². The molecule has 0 saturated heterocycles. The fraction of sp³-hybridized carbons (Fsp3) is 0.600. The van der Waals surface area contributed by atoms with Crippen LogP contribution >= 0.6 is 0 Å². The van der Waals surface area contributed by atoms with Gasteiger partial charge in [0.1, 0.15) is 11.5 Å². The van der Waals surface area contributed by atoms with Gasteiger partial charge in [-0.15, -0.1) is 0 Å². The molecule has 0 radical (unpaired) electrons. The normalized spacial score (nSPS) is 26.6. The number of hydrogen-bond donors (Lipinski definition) is 1. The predicted octanol–water partition coefficient (Wildman–Crippen LogP) is 4.32. The number of aromatic nitrogens is 2. The van der Waals surface area contributed by atoms with E-state index in [9.17, 15) is 9.35 Å². The molecule has 0 bridgehead atoms. The quantitative estimate of drug-likeness (QED) is 0.679. The Labute approximate surface area is 189 Å². The molecule has 1 aromatic heterocycles. The Morgan fingerprint density at radius 2 is 2.06 bits per heavy atom. The maximum atomic E-state index is 13.3. The van der Waals surface area contributed by atoms with E-state index in [0.717, 1.165) is 35.6 Å². The van der Waals surface area contributed by atoms with E-state index in [2.05, 4.69) is 45.1 Å². The number of rotatable bonds is 6. The predicted molar refractivity (Wildman–Crippen MR) is 125 cm³/mol. The molecular formula is C25H35N3O2S. The first-order valence-corrected chi connectivity index (χ1v) is 13.0. The summed E-state index contributed by atoms with van der Waals surface area (Å²) >= 11 is -0.928. The summed E-state index contributed by atoms with van der Waals surface area (Å²) in [6.45, 7) is 9.66. The molecule has 1 fully saturated rings. The van der Waals surface area contributed by atoms with Gasteiger partial charge in [0.05, 0.1) is 17.8 Å². The van der Waals surface area contributed by atoms with Crippen molar-refractivity contribution in [1.82, 2.24) is 15.1 Å². The SMILES string of the molecule is CC(C)C1CC[C@@](C)(C(C)NC(=O)c2nn(Cc3ccccc3)c3c2C[S+]([O-])CC3)C1. The maximum absolute atomic E-state index is 13.3. The summed E-state index contributed by atoms with van der Waals surface area (Å²) in [6, 6.07) is 10.3. The standard InChI is InChI=1S/C25H35N3O2S/c1-17(2)20-10-12-25(4,14-20)18(3)26-24(29)23-21-16-31(30)13-11-22(21)28(27-23)15-19-8-6-5-7-9-19/h5-9,17-18,20H,10-16H2,1-4H3,(H,26,29)/t18?,20?,25-,31?/m1/s1. The van der Waals surface area contributed by atoms with Crippen LogP contribution in [0.25, 0.3) is 0 Å². The molecule has 3 unspecified atom stereocenters. The van der Waals surface area contributed by atoms with Gasteiger partial charge in [-0.1, -0.05) is 51.1 Å². The van der Waals surface area contributed by atoms with E-state index in [1.807, 2.05) is 22.9 Å². The van der Waals surface area contributed by atoms with Crippen molar-refractivity contribution in [1.29, 1.82) is 0 Å². The van der Waals surface area contributed by atoms with Crippen molar-refractivity contribution < 1.29 is 9.35 Å². The maximum Gasteiger partial charge on any atom is 0.272 e. The largest absolute Gasteiger partial charge is 0.616 e. The highest BCUT2D eigenvalue weighted by molar-refractivity contribution is 7.90. The number of amides is 1. The third kappa shape index (κ3) is 4.70. The van der Waals surface area contributed by atoms with Crippen LogP contribution in [0.3, 0.4) is 0 Å². The number of carbonyl (C=O) groups excluding carboxylic acids is 1. The molecule has 4 rings (SSSR count). The molecule has 1 N–H and O–H groups in total. The van der Waals surface area contributed by atoms with Crippen molar-refractivity contribution >= 4 is 17.1 Å². The molecule has 31 heavy (non-hydrogen) atoms. The molecule has 1 saturated carbocycles. The molecule has 2 heterocycles. The van der Waals surface area contributed by atoms with Gasteiger partial charge in [0.15, 0.2) is 5.69 Å². The Morgan fingerprint density at radius 1 is 1.32 bits per heavy atom. The highest BCUT2D eigenvalue weighted by atomic mass is 32.2. The van der Waals surface area contributed by atoms with Crippen molar-refractivity contribution in [3.8, 4) is 0 Å². The number of fused-ring (bicyclic) bond motifs is 1. The van der Waals surface area contributed by atoms with Crippen molar-refractivity contribution in [3.05, 3.63) is 52.8 Å². The topological polar surface area (TPSA) is 70.0 Å². The Bertz CT molecular complexity index is 926. The second kappa shape index (κ2) is 8.99. The minimum absolute atomic E-state index is 0.0766. The molecule has 5 nitrogen and oxygen atoms in total. The lowest BCUT2D eigenvalue weighted by molar-refractivity contribution is 0.0887. The van der Waals surface area contributed by atoms with Crippen LogP contribution in [-0.4, -0.2) is 32.0 Å². The first-order valence-electron chi connectivity index (χ1n) is 11.5. The molecule has 2 aromatic rings. The summed E-state index contributed by atoms with van der Waals surface area (Å²) in [5.74, 6) is 2.35. The minimum atomic E-state index is -0.928. The fourth-order valence-corrected chi connectivity index (χ4v) is 6.39. The van der Waals surface area contributed by atoms with E-state index in [1.165, 1.54) is 6.42 Å². The van der Waals surface area contributed by atoms with Gasteiger partial charge < -0.3 is 9.87 Å². The van der Waals surface area contributed by atoms with Crippen LogP contribution in [0.2, 0.25) is 0 Å². The molecular weight excluding hydrogens is 406 g/mol. The average Bonchev–Trinajstić information content (AvgIpc) is 3.31. The van der Waals surface area contributed by atoms with Crippen LogP contribution in [0.4, 0.5) is 0 Å². The van der Waals surface area contributed by atoms with Gasteiger partial charge in [0.25, 0.3) is 5.91 Å². The van der Waals surface area contributed by atoms with Crippen molar-refractivity contribution in [2.45, 2.75) is 71.7 Å². The third-order valence-corrected chi connectivity index (χ3v) is 8.85. The number of hydrogen-bond acceptors (Lipinski definition) is 3. The average molecular weight is 442 g/mol. The molecule has 1 aliphatic carbocycles. The van der Waals surface area contributed by atoms with Crippen molar-refractivity contribution in [3.63, 3.8) is 0 Å². The number of nitrogens with one attached hydrogen (secondary N) is 1. The lowest BCUT2D eigenvalue weighted by Crippen LogP contribution is -2.44. The molecule has 168 valence electrons. The molecule has 1 aliphatic heterocycles. The van der Waals surface area contributed by atoms with Crippen molar-refractivity contribution in [2.75, 3.05) is 5.75 Å². The first-order chi connectivity index (χ1) is 14.8. The summed E-state index contributed by atoms with van der Waals surface area (Å²) in [5, 5.41) is 8.00. The van der Waals surface area contributed by atoms with Crippen LogP contribution in [-0.2, 0) is 29.9 Å². The van der Waals surface area contributed by atoms with E-state index < -0.39 is 11.2 Å². The van der Waals surface area contributed by atoms with E-state index in [4.69, 9.17) is 5.10 Å². The summed E-state index contributed by atoms with van der Waals surface area (Å²) in [4.78, 5) is 13.3. The van der Waals surface area contributed by atoms with Gasteiger partial charge in [-0.3, -0.25) is 9.48 Å². The monoisotopic (exact) mass is 441 g/mol. The number of carbonyl (C=O) groups is 1. The number of nitrogens with zero attached hydrogens (tertiary/aromatic N) is 2. The minimum Gasteiger partial charge on any atom is -0.616 e. The van der Waals surface area contributed by atoms with Crippen LogP contribution in [0.5, 0.6) is 0 Å². The van der Waals surface area contributed by atoms with E-state index >= 15 is 0 Å². The summed E-state index contributed by atoms with van der Waals surface area (Å²) < 4.78 is 14.2. The van der Waals surface area contributed by atoms with Crippen LogP contribution in [0, 0.1) is 17.3 Å². The zero-order valence-electron chi connectivity index (χ0n) is 19.2. The molecule has 4 atom stereocenters. The Hall–Kier alpha value is -1.79. The second-order valence-corrected chi connectivity index (χ2v) is 11.6. The number of benzene rings is 1. The lowest BCUT2D eigenvalue weighted by Gasteiger charge is -2.33. The summed E-state index contributed by atoms with van der Waals surface area (Å²) in [6.07, 6.45) is 4.23. The zero-order chi connectivity index (χ0) is 22.2. The van der Waals surface area contributed by atoms with Gasteiger partial charge in [0.2, 0.25) is 0 Å². The highest BCUT2D eigenvalue weighted by Crippen LogP contribution is 2.46. The van der Waals surface area contributed by atoms with E-state index in [1.54, 1.807) is 0 Å². The first kappa shape index (κ1) is 22.4. The molecule has 2 aliphatic rings. The van der Waals surface area contributed by atoms with Gasteiger partial charge >= 0.3 is 0 Å². The van der Waals surface area contributed by atoms with E-state index in [-0.39, 0.29) is 17.4 Å². The molecule has 1 aromatic carbocycles. The van der Waals surface area contributed by atoms with Crippen LogP contribution in [0.15, 0.2) is 30.3 Å². The Kier molecular flexibility index (Phi) is 6.50. The highest BCUT2D eigenvalue weighted by Gasteiger charge is 2.41. The van der Waals surface area contributed by atoms with Gasteiger partial charge in [-0.25, -0.2) is 0 Å². The third-order valence-electron chi connectivity index (χ3n) is 7.58. The van der Waals surface area contributed by atoms with Crippen LogP contribution < -0.4 is 5.32 Å². The van der Waals surface area contributed by atoms with Crippen LogP contribution in [0.1, 0.15) is 74.3 Å². The lowest BCUT2D eigenvalue weighted by atomic mass is 9.79. The van der Waals surface area contributed by atoms with E-state index in [0.29, 0.717) is 36.1 Å². The molecule has 0 spiro atoms. The fourth-order valence-electron chi connectivity index (χ4n) is 5.20. The zero-order valence-corrected chi connectivity index (χ0v) is 20.0. The second-order valence-electron chi connectivity index (χ2n) is 10.1. The molecule has 1 amide bonds. The van der Waals surface area contributed by atoms with Gasteiger partial charge in [-0.2, -0.15) is 5.10 Å². The summed E-state index contributed by atoms with van der Waals surface area (Å²) in [7, 11) is 0. The smallest absolute Gasteiger partial charge is 0.272 e.